The molecule has 0 unspecified atom stereocenters. The van der Waals surface area contributed by atoms with Crippen LogP contribution in [0.15, 0.2) is 60.9 Å². The molecule has 1 N–H and O–H groups in total. The zero-order valence-electron chi connectivity index (χ0n) is 13.4. The van der Waals surface area contributed by atoms with Crippen molar-refractivity contribution in [2.45, 2.75) is 0 Å². The van der Waals surface area contributed by atoms with Crippen LogP contribution in [0.1, 0.15) is 10.4 Å². The SMILES string of the molecule is COc1ccc(NC(=O)c2ccccc2-n2cccn2)cc1OC. The van der Waals surface area contributed by atoms with Gasteiger partial charge in [-0.25, -0.2) is 4.68 Å². The summed E-state index contributed by atoms with van der Waals surface area (Å²) in [5.41, 5.74) is 1.85. The Labute approximate surface area is 139 Å². The fraction of sp³-hybridized carbons (Fsp3) is 0.111. The Balaban J connectivity index is 1.89. The lowest BCUT2D eigenvalue weighted by molar-refractivity contribution is 0.102. The molecule has 0 radical (unpaired) electrons. The highest BCUT2D eigenvalue weighted by atomic mass is 16.5. The van der Waals surface area contributed by atoms with Gasteiger partial charge in [0, 0.05) is 24.1 Å². The van der Waals surface area contributed by atoms with Crippen LogP contribution in [0.2, 0.25) is 0 Å². The van der Waals surface area contributed by atoms with Gasteiger partial charge in [-0.2, -0.15) is 5.10 Å². The van der Waals surface area contributed by atoms with E-state index in [-0.39, 0.29) is 5.91 Å². The van der Waals surface area contributed by atoms with Crippen LogP contribution in [0.25, 0.3) is 5.69 Å². The van der Waals surface area contributed by atoms with Gasteiger partial charge in [0.2, 0.25) is 0 Å². The maximum atomic E-state index is 12.7. The minimum Gasteiger partial charge on any atom is -0.493 e. The third-order valence-corrected chi connectivity index (χ3v) is 3.54. The zero-order chi connectivity index (χ0) is 16.9. The van der Waals surface area contributed by atoms with Gasteiger partial charge < -0.3 is 14.8 Å². The van der Waals surface area contributed by atoms with Crippen LogP contribution in [0.5, 0.6) is 11.5 Å². The second kappa shape index (κ2) is 6.87. The quantitative estimate of drug-likeness (QED) is 0.783. The number of methoxy groups -OCH3 is 2. The predicted molar refractivity (Wildman–Crippen MR) is 91.1 cm³/mol. The molecule has 0 spiro atoms. The Morgan fingerprint density at radius 3 is 2.54 bits per heavy atom. The van der Waals surface area contributed by atoms with Gasteiger partial charge >= 0.3 is 0 Å². The summed E-state index contributed by atoms with van der Waals surface area (Å²) in [7, 11) is 3.12. The molecule has 3 rings (SSSR count). The summed E-state index contributed by atoms with van der Waals surface area (Å²) in [5.74, 6) is 0.927. The molecule has 122 valence electrons. The van der Waals surface area contributed by atoms with E-state index in [4.69, 9.17) is 9.47 Å². The monoisotopic (exact) mass is 323 g/mol. The minimum absolute atomic E-state index is 0.228. The first-order valence-electron chi connectivity index (χ1n) is 7.35. The average molecular weight is 323 g/mol. The Kier molecular flexibility index (Phi) is 4.47. The lowest BCUT2D eigenvalue weighted by Gasteiger charge is -2.12. The number of aromatic nitrogens is 2. The van der Waals surface area contributed by atoms with E-state index in [9.17, 15) is 4.79 Å². The third kappa shape index (κ3) is 3.08. The highest BCUT2D eigenvalue weighted by Gasteiger charge is 2.14. The van der Waals surface area contributed by atoms with Gasteiger partial charge in [0.1, 0.15) is 0 Å². The number of rotatable bonds is 5. The topological polar surface area (TPSA) is 65.4 Å². The van der Waals surface area contributed by atoms with Crippen molar-refractivity contribution in [2.75, 3.05) is 19.5 Å². The minimum atomic E-state index is -0.228. The summed E-state index contributed by atoms with van der Waals surface area (Å²) >= 11 is 0. The molecule has 0 aliphatic rings. The van der Waals surface area contributed by atoms with Crippen LogP contribution >= 0.6 is 0 Å². The molecule has 6 nitrogen and oxygen atoms in total. The number of carbonyl (C=O) groups excluding carboxylic acids is 1. The van der Waals surface area contributed by atoms with Crippen LogP contribution in [0, 0.1) is 0 Å². The van der Waals surface area contributed by atoms with Gasteiger partial charge in [0.25, 0.3) is 5.91 Å². The maximum Gasteiger partial charge on any atom is 0.257 e. The molecule has 1 heterocycles. The summed E-state index contributed by atoms with van der Waals surface area (Å²) in [5, 5.41) is 7.06. The van der Waals surface area contributed by atoms with Crippen LogP contribution < -0.4 is 14.8 Å². The molecule has 1 aromatic heterocycles. The molecule has 3 aromatic rings. The number of amides is 1. The Morgan fingerprint density at radius 1 is 1.04 bits per heavy atom. The molecule has 0 aliphatic carbocycles. The van der Waals surface area contributed by atoms with Crippen LogP contribution in [-0.4, -0.2) is 29.9 Å². The van der Waals surface area contributed by atoms with Crippen molar-refractivity contribution in [1.82, 2.24) is 9.78 Å². The first-order chi connectivity index (χ1) is 11.7. The molecule has 6 heteroatoms. The van der Waals surface area contributed by atoms with Crippen molar-refractivity contribution < 1.29 is 14.3 Å². The van der Waals surface area contributed by atoms with Gasteiger partial charge in [0.05, 0.1) is 25.5 Å². The Hall–Kier alpha value is -3.28. The van der Waals surface area contributed by atoms with Crippen molar-refractivity contribution in [2.24, 2.45) is 0 Å². The molecule has 0 aliphatic heterocycles. The molecule has 0 saturated carbocycles. The number of nitrogens with one attached hydrogen (secondary N) is 1. The van der Waals surface area contributed by atoms with Gasteiger partial charge in [-0.05, 0) is 30.3 Å². The summed E-state index contributed by atoms with van der Waals surface area (Å²) in [6.07, 6.45) is 3.46. The molecule has 1 amide bonds. The number of benzene rings is 2. The first kappa shape index (κ1) is 15.6. The maximum absolute atomic E-state index is 12.7. The fourth-order valence-electron chi connectivity index (χ4n) is 2.39. The molecular formula is C18H17N3O3. The van der Waals surface area contributed by atoms with Crippen molar-refractivity contribution in [3.8, 4) is 17.2 Å². The Morgan fingerprint density at radius 2 is 1.83 bits per heavy atom. The van der Waals surface area contributed by atoms with E-state index < -0.39 is 0 Å². The molecule has 0 fully saturated rings. The van der Waals surface area contributed by atoms with Gasteiger partial charge in [-0.15, -0.1) is 0 Å². The van der Waals surface area contributed by atoms with E-state index in [2.05, 4.69) is 10.4 Å². The van der Waals surface area contributed by atoms with Crippen LogP contribution in [0.3, 0.4) is 0 Å². The number of carbonyl (C=O) groups is 1. The molecule has 2 aromatic carbocycles. The summed E-state index contributed by atoms with van der Waals surface area (Å²) < 4.78 is 12.1. The lowest BCUT2D eigenvalue weighted by atomic mass is 10.1. The number of hydrogen-bond acceptors (Lipinski definition) is 4. The van der Waals surface area contributed by atoms with Crippen LogP contribution in [-0.2, 0) is 0 Å². The highest BCUT2D eigenvalue weighted by Crippen LogP contribution is 2.30. The van der Waals surface area contributed by atoms with E-state index in [1.807, 2.05) is 24.3 Å². The van der Waals surface area contributed by atoms with Crippen molar-refractivity contribution in [3.05, 3.63) is 66.5 Å². The van der Waals surface area contributed by atoms with Gasteiger partial charge in [-0.1, -0.05) is 12.1 Å². The number of nitrogens with zero attached hydrogens (tertiary/aromatic N) is 2. The van der Waals surface area contributed by atoms with Crippen molar-refractivity contribution in [1.29, 1.82) is 0 Å². The first-order valence-corrected chi connectivity index (χ1v) is 7.35. The largest absolute Gasteiger partial charge is 0.493 e. The molecule has 24 heavy (non-hydrogen) atoms. The summed E-state index contributed by atoms with van der Waals surface area (Å²) in [6.45, 7) is 0. The van der Waals surface area contributed by atoms with Crippen molar-refractivity contribution >= 4 is 11.6 Å². The van der Waals surface area contributed by atoms with E-state index in [0.717, 1.165) is 0 Å². The van der Waals surface area contributed by atoms with Gasteiger partial charge in [0.15, 0.2) is 11.5 Å². The van der Waals surface area contributed by atoms with E-state index in [0.29, 0.717) is 28.4 Å². The number of hydrogen-bond donors (Lipinski definition) is 1. The molecule has 0 atom stereocenters. The van der Waals surface area contributed by atoms with E-state index >= 15 is 0 Å². The van der Waals surface area contributed by atoms with E-state index in [1.165, 1.54) is 0 Å². The van der Waals surface area contributed by atoms with Gasteiger partial charge in [-0.3, -0.25) is 4.79 Å². The number of anilines is 1. The van der Waals surface area contributed by atoms with Crippen molar-refractivity contribution in [3.63, 3.8) is 0 Å². The smallest absolute Gasteiger partial charge is 0.257 e. The normalized spacial score (nSPS) is 10.2. The summed E-state index contributed by atoms with van der Waals surface area (Å²) in [4.78, 5) is 12.7. The summed E-state index contributed by atoms with van der Waals surface area (Å²) in [6, 6.07) is 14.3. The lowest BCUT2D eigenvalue weighted by Crippen LogP contribution is -2.15. The Bertz CT molecular complexity index is 844. The predicted octanol–water partition coefficient (Wildman–Crippen LogP) is 3.14. The standard InChI is InChI=1S/C18H17N3O3/c1-23-16-9-8-13(12-17(16)24-2)20-18(22)14-6-3-4-7-15(14)21-11-5-10-19-21/h3-12H,1-2H3,(H,20,22). The molecule has 0 saturated heterocycles. The molecule has 0 bridgehead atoms. The third-order valence-electron chi connectivity index (χ3n) is 3.54. The average Bonchev–Trinajstić information content (AvgIpc) is 3.16. The number of para-hydroxylation sites is 1. The second-order valence-corrected chi connectivity index (χ2v) is 4.99. The van der Waals surface area contributed by atoms with Crippen LogP contribution in [0.4, 0.5) is 5.69 Å². The highest BCUT2D eigenvalue weighted by molar-refractivity contribution is 6.06. The van der Waals surface area contributed by atoms with E-state index in [1.54, 1.807) is 55.6 Å². The second-order valence-electron chi connectivity index (χ2n) is 4.99. The zero-order valence-corrected chi connectivity index (χ0v) is 13.4. The number of ether oxygens (including phenoxy) is 2. The molecular weight excluding hydrogens is 306 g/mol. The fourth-order valence-corrected chi connectivity index (χ4v) is 2.39.